The lowest BCUT2D eigenvalue weighted by Gasteiger charge is -2.04. The molecule has 100 valence electrons. The minimum atomic E-state index is 0.315. The van der Waals surface area contributed by atoms with Crippen molar-refractivity contribution in [3.63, 3.8) is 0 Å². The van der Waals surface area contributed by atoms with Crippen LogP contribution < -0.4 is 0 Å². The van der Waals surface area contributed by atoms with Crippen LogP contribution in [0.3, 0.4) is 0 Å². The molecule has 2 aromatic rings. The molecule has 0 heterocycles. The van der Waals surface area contributed by atoms with Crippen LogP contribution in [0, 0.1) is 5.41 Å². The molecule has 0 saturated heterocycles. The van der Waals surface area contributed by atoms with Crippen molar-refractivity contribution in [2.45, 2.75) is 0 Å². The molecule has 20 heavy (non-hydrogen) atoms. The fourth-order valence-corrected chi connectivity index (χ4v) is 2.12. The van der Waals surface area contributed by atoms with Crippen molar-refractivity contribution in [3.05, 3.63) is 75.8 Å². The number of nitrogens with one attached hydrogen (secondary N) is 1. The molecule has 4 heteroatoms. The third-order valence-electron chi connectivity index (χ3n) is 2.71. The van der Waals surface area contributed by atoms with E-state index in [1.165, 1.54) is 0 Å². The van der Waals surface area contributed by atoms with E-state index in [0.717, 1.165) is 11.1 Å². The summed E-state index contributed by atoms with van der Waals surface area (Å²) >= 11 is 11.9. The quantitative estimate of drug-likeness (QED) is 0.763. The first-order chi connectivity index (χ1) is 9.60. The Morgan fingerprint density at radius 1 is 1.00 bits per heavy atom. The van der Waals surface area contributed by atoms with Gasteiger partial charge >= 0.3 is 0 Å². The Labute approximate surface area is 127 Å². The molecule has 0 fully saturated rings. The van der Waals surface area contributed by atoms with Gasteiger partial charge in [0.05, 0.1) is 11.4 Å². The summed E-state index contributed by atoms with van der Waals surface area (Å²) in [6.07, 6.45) is 1.64. The van der Waals surface area contributed by atoms with Crippen LogP contribution >= 0.6 is 23.2 Å². The van der Waals surface area contributed by atoms with Crippen molar-refractivity contribution in [1.82, 2.24) is 0 Å². The summed E-state index contributed by atoms with van der Waals surface area (Å²) in [5, 5.41) is 9.32. The number of nitrogens with zero attached hydrogens (tertiary/aromatic N) is 1. The van der Waals surface area contributed by atoms with Gasteiger partial charge < -0.3 is 5.41 Å². The summed E-state index contributed by atoms with van der Waals surface area (Å²) in [5.41, 5.74) is 2.45. The number of hydrogen-bond donors (Lipinski definition) is 1. The van der Waals surface area contributed by atoms with Gasteiger partial charge in [-0.3, -0.25) is 4.99 Å². The Morgan fingerprint density at radius 2 is 1.55 bits per heavy atom. The van der Waals surface area contributed by atoms with Gasteiger partial charge in [0.2, 0.25) is 0 Å². The average molecular weight is 303 g/mol. The highest BCUT2D eigenvalue weighted by Crippen LogP contribution is 2.21. The van der Waals surface area contributed by atoms with Crippen LogP contribution in [0.25, 0.3) is 5.70 Å². The van der Waals surface area contributed by atoms with E-state index in [2.05, 4.69) is 11.7 Å². The summed E-state index contributed by atoms with van der Waals surface area (Å²) in [6.45, 7) is 3.55. The fourth-order valence-electron chi connectivity index (χ4n) is 1.74. The van der Waals surface area contributed by atoms with E-state index in [1.54, 1.807) is 36.4 Å². The first kappa shape index (κ1) is 14.5. The lowest BCUT2D eigenvalue weighted by atomic mass is 10.1. The largest absolute Gasteiger partial charge is 0.300 e. The average Bonchev–Trinajstić information content (AvgIpc) is 2.44. The summed E-state index contributed by atoms with van der Waals surface area (Å²) in [7, 11) is 0. The summed E-state index contributed by atoms with van der Waals surface area (Å²) in [6, 6.07) is 14.4. The molecule has 0 amide bonds. The lowest BCUT2D eigenvalue weighted by Crippen LogP contribution is -1.96. The number of allylic oxidation sites excluding steroid dienone is 1. The van der Waals surface area contributed by atoms with Crippen molar-refractivity contribution in [1.29, 1.82) is 5.41 Å². The molecule has 2 aromatic carbocycles. The van der Waals surface area contributed by atoms with Crippen LogP contribution in [0.5, 0.6) is 0 Å². The molecule has 0 bridgehead atoms. The maximum Gasteiger partial charge on any atom is 0.0716 e. The topological polar surface area (TPSA) is 36.2 Å². The van der Waals surface area contributed by atoms with Crippen molar-refractivity contribution >= 4 is 41.3 Å². The smallest absolute Gasteiger partial charge is 0.0716 e. The fraction of sp³-hybridized carbons (Fsp3) is 0. The molecule has 2 nitrogen and oxygen atoms in total. The van der Waals surface area contributed by atoms with Crippen LogP contribution in [0.1, 0.15) is 11.1 Å². The van der Waals surface area contributed by atoms with Crippen LogP contribution in [0.4, 0.5) is 0 Å². The van der Waals surface area contributed by atoms with Gasteiger partial charge in [-0.25, -0.2) is 0 Å². The van der Waals surface area contributed by atoms with Crippen molar-refractivity contribution in [2.75, 3.05) is 0 Å². The van der Waals surface area contributed by atoms with Crippen molar-refractivity contribution in [3.8, 4) is 0 Å². The maximum absolute atomic E-state index is 8.11. The first-order valence-corrected chi connectivity index (χ1v) is 6.64. The minimum absolute atomic E-state index is 0.315. The van der Waals surface area contributed by atoms with Crippen molar-refractivity contribution < 1.29 is 0 Å². The second-order valence-corrected chi connectivity index (χ2v) is 4.99. The molecule has 0 aliphatic carbocycles. The Morgan fingerprint density at radius 3 is 2.10 bits per heavy atom. The highest BCUT2D eigenvalue weighted by molar-refractivity contribution is 6.31. The number of hydrogen-bond acceptors (Lipinski definition) is 2. The second kappa shape index (κ2) is 6.51. The van der Waals surface area contributed by atoms with E-state index < -0.39 is 0 Å². The second-order valence-electron chi connectivity index (χ2n) is 4.12. The highest BCUT2D eigenvalue weighted by Gasteiger charge is 2.04. The van der Waals surface area contributed by atoms with E-state index in [9.17, 15) is 0 Å². The van der Waals surface area contributed by atoms with Gasteiger partial charge in [0, 0.05) is 21.2 Å². The normalized spacial score (nSPS) is 11.2. The molecule has 0 radical (unpaired) electrons. The molecule has 0 aliphatic heterocycles. The van der Waals surface area contributed by atoms with Crippen LogP contribution in [-0.4, -0.2) is 12.4 Å². The van der Waals surface area contributed by atoms with Gasteiger partial charge in [-0.2, -0.15) is 0 Å². The Kier molecular flexibility index (Phi) is 4.72. The summed E-state index contributed by atoms with van der Waals surface area (Å²) < 4.78 is 0. The van der Waals surface area contributed by atoms with Gasteiger partial charge in [-0.1, -0.05) is 47.5 Å². The molecule has 0 aromatic heterocycles. The van der Waals surface area contributed by atoms with Gasteiger partial charge in [0.15, 0.2) is 0 Å². The third kappa shape index (κ3) is 3.56. The van der Waals surface area contributed by atoms with E-state index in [4.69, 9.17) is 28.6 Å². The maximum atomic E-state index is 8.11. The zero-order chi connectivity index (χ0) is 14.5. The van der Waals surface area contributed by atoms with E-state index >= 15 is 0 Å². The van der Waals surface area contributed by atoms with Crippen LogP contribution in [0.2, 0.25) is 10.0 Å². The van der Waals surface area contributed by atoms with Gasteiger partial charge in [-0.15, -0.1) is 0 Å². The molecule has 0 spiro atoms. The monoisotopic (exact) mass is 302 g/mol. The predicted octanol–water partition coefficient (Wildman–Crippen LogP) is 5.10. The number of benzene rings is 2. The molecule has 0 unspecified atom stereocenters. The summed E-state index contributed by atoms with van der Waals surface area (Å²) in [4.78, 5) is 3.97. The zero-order valence-corrected chi connectivity index (χ0v) is 12.1. The van der Waals surface area contributed by atoms with Gasteiger partial charge in [0.25, 0.3) is 0 Å². The SMILES string of the molecule is C=N/C(=C\C(=N)c1cccc(Cl)c1)c1cccc(Cl)c1. The number of halogens is 2. The highest BCUT2D eigenvalue weighted by atomic mass is 35.5. The van der Waals surface area contributed by atoms with Crippen molar-refractivity contribution in [2.24, 2.45) is 4.99 Å². The molecule has 2 rings (SSSR count). The standard InChI is InChI=1S/C16H12Cl2N2/c1-20-16(12-5-3-7-14(18)9-12)10-15(19)11-4-2-6-13(17)8-11/h2-10,19H,1H2/b16-10-,19-15?. The molecule has 0 saturated carbocycles. The lowest BCUT2D eigenvalue weighted by molar-refractivity contribution is 1.47. The molecular weight excluding hydrogens is 291 g/mol. The van der Waals surface area contributed by atoms with Gasteiger partial charge in [-0.05, 0) is 37.1 Å². The first-order valence-electron chi connectivity index (χ1n) is 5.89. The van der Waals surface area contributed by atoms with E-state index in [1.807, 2.05) is 18.2 Å². The number of rotatable bonds is 4. The molecule has 1 N–H and O–H groups in total. The Bertz CT molecular complexity index is 690. The van der Waals surface area contributed by atoms with Crippen LogP contribution in [0.15, 0.2) is 59.6 Å². The predicted molar refractivity (Wildman–Crippen MR) is 87.3 cm³/mol. The number of aliphatic imine (C=N–C) groups is 1. The Balaban J connectivity index is 2.36. The molecular formula is C16H12Cl2N2. The Hall–Kier alpha value is -1.90. The minimum Gasteiger partial charge on any atom is -0.300 e. The molecule has 0 atom stereocenters. The van der Waals surface area contributed by atoms with E-state index in [-0.39, 0.29) is 0 Å². The van der Waals surface area contributed by atoms with E-state index in [0.29, 0.717) is 21.5 Å². The zero-order valence-electron chi connectivity index (χ0n) is 10.6. The third-order valence-corrected chi connectivity index (χ3v) is 3.18. The molecule has 0 aliphatic rings. The van der Waals surface area contributed by atoms with Crippen LogP contribution in [-0.2, 0) is 0 Å². The van der Waals surface area contributed by atoms with Gasteiger partial charge in [0.1, 0.15) is 0 Å². The summed E-state index contributed by atoms with van der Waals surface area (Å²) in [5.74, 6) is 0.